The predicted octanol–water partition coefficient (Wildman–Crippen LogP) is 3.34. The van der Waals surface area contributed by atoms with Gasteiger partial charge < -0.3 is 24.6 Å². The van der Waals surface area contributed by atoms with Crippen molar-refractivity contribution < 1.29 is 38.9 Å². The highest BCUT2D eigenvalue weighted by atomic mass is 35.5. The lowest BCUT2D eigenvalue weighted by molar-refractivity contribution is -0.465. The first-order valence-corrected chi connectivity index (χ1v) is 16.3. The van der Waals surface area contributed by atoms with Gasteiger partial charge in [-0.25, -0.2) is 0 Å². The smallest absolute Gasteiger partial charge is 0.310 e. The summed E-state index contributed by atoms with van der Waals surface area (Å²) in [5.74, 6) is -5.79. The molecule has 0 aromatic heterocycles. The third-order valence-electron chi connectivity index (χ3n) is 13.1. The third kappa shape index (κ3) is 2.95. The fourth-order valence-corrected chi connectivity index (χ4v) is 11.5. The highest BCUT2D eigenvalue weighted by Crippen LogP contribution is 2.85. The average Bonchev–Trinajstić information content (AvgIpc) is 3.01. The molecule has 9 nitrogen and oxygen atoms in total. The summed E-state index contributed by atoms with van der Waals surface area (Å²) in [6, 6.07) is 6.85. The maximum absolute atomic E-state index is 14.7. The first-order valence-electron chi connectivity index (χ1n) is 15.9. The van der Waals surface area contributed by atoms with E-state index in [0.29, 0.717) is 67.8 Å². The molecule has 8 aliphatic rings. The number of hydrogen-bond donors (Lipinski definition) is 2. The molecule has 5 saturated carbocycles. The van der Waals surface area contributed by atoms with Crippen LogP contribution in [0.2, 0.25) is 5.02 Å². The van der Waals surface area contributed by atoms with Crippen LogP contribution < -0.4 is 0 Å². The van der Waals surface area contributed by atoms with Gasteiger partial charge in [0.05, 0.1) is 28.5 Å². The first-order chi connectivity index (χ1) is 20.8. The van der Waals surface area contributed by atoms with Gasteiger partial charge in [0.15, 0.2) is 11.4 Å². The zero-order valence-electron chi connectivity index (χ0n) is 25.0. The van der Waals surface area contributed by atoms with Crippen molar-refractivity contribution in [1.82, 2.24) is 4.90 Å². The summed E-state index contributed by atoms with van der Waals surface area (Å²) in [7, 11) is 0. The minimum Gasteiger partial charge on any atom is -0.446 e. The van der Waals surface area contributed by atoms with E-state index in [9.17, 15) is 29.4 Å². The molecule has 3 aliphatic heterocycles. The van der Waals surface area contributed by atoms with Gasteiger partial charge in [-0.1, -0.05) is 44.2 Å². The van der Waals surface area contributed by atoms with Crippen LogP contribution in [0.4, 0.5) is 0 Å². The van der Waals surface area contributed by atoms with E-state index in [0.717, 1.165) is 0 Å². The Balaban J connectivity index is 1.07. The number of halogens is 1. The van der Waals surface area contributed by atoms with Crippen molar-refractivity contribution in [2.24, 2.45) is 45.8 Å². The van der Waals surface area contributed by atoms with Gasteiger partial charge in [0.2, 0.25) is 5.79 Å². The van der Waals surface area contributed by atoms with Crippen LogP contribution >= 0.6 is 11.6 Å². The average molecular weight is 624 g/mol. The molecule has 44 heavy (non-hydrogen) atoms. The molecule has 1 aromatic rings. The zero-order chi connectivity index (χ0) is 31.2. The molecule has 5 aliphatic carbocycles. The Labute approximate surface area is 260 Å². The lowest BCUT2D eigenvalue weighted by atomic mass is 9.21. The molecular weight excluding hydrogens is 586 g/mol. The maximum Gasteiger partial charge on any atom is 0.310 e. The number of hydrogen-bond acceptors (Lipinski definition) is 8. The number of rotatable bonds is 3. The number of Topliss-reactive ketones (excluding diaryl/α,β-unsaturated/α-hetero) is 2. The number of ketones is 2. The molecule has 234 valence electrons. The Kier molecular flexibility index (Phi) is 5.78. The standard InChI is InChI=1S/C34H38ClNO8/c1-17-19-8-9-22-31-16-43-34(42,26(38)25(31)30(2,3)13-10-23(31)37)32(22)24(19)33(17,29(32)41)44-28(40)18-11-14-36(15-12-18)27(39)20-6-4-5-7-21(20)35/h4-7,18-19,22,24-26,38,42H,1,8-16H2,2-3H3. The number of carbonyl (C=O) groups is 4. The van der Waals surface area contributed by atoms with E-state index in [1.165, 1.54) is 0 Å². The molecule has 1 aromatic carbocycles. The van der Waals surface area contributed by atoms with Gasteiger partial charge >= 0.3 is 5.97 Å². The van der Waals surface area contributed by atoms with Crippen LogP contribution in [0.25, 0.3) is 0 Å². The number of amides is 1. The number of aliphatic hydroxyl groups is 2. The summed E-state index contributed by atoms with van der Waals surface area (Å²) in [5, 5.41) is 24.5. The van der Waals surface area contributed by atoms with Crippen molar-refractivity contribution >= 4 is 35.0 Å². The van der Waals surface area contributed by atoms with Crippen LogP contribution in [0.15, 0.2) is 36.4 Å². The van der Waals surface area contributed by atoms with Gasteiger partial charge in [-0.15, -0.1) is 0 Å². The summed E-state index contributed by atoms with van der Waals surface area (Å²) in [6.45, 7) is 8.89. The molecule has 3 saturated heterocycles. The number of nitrogens with zero attached hydrogens (tertiary/aromatic N) is 1. The minimum absolute atomic E-state index is 0.0102. The lowest BCUT2D eigenvalue weighted by Gasteiger charge is -2.84. The number of fused-ring (bicyclic) bond motifs is 1. The molecule has 2 bridgehead atoms. The molecule has 9 rings (SSSR count). The fourth-order valence-electron chi connectivity index (χ4n) is 11.3. The number of benzene rings is 1. The van der Waals surface area contributed by atoms with Crippen molar-refractivity contribution in [2.45, 2.75) is 69.9 Å². The monoisotopic (exact) mass is 623 g/mol. The van der Waals surface area contributed by atoms with Crippen LogP contribution in [0.3, 0.4) is 0 Å². The second-order valence-corrected chi connectivity index (χ2v) is 15.4. The largest absolute Gasteiger partial charge is 0.446 e. The highest BCUT2D eigenvalue weighted by Gasteiger charge is 2.97. The van der Waals surface area contributed by atoms with Gasteiger partial charge in [-0.3, -0.25) is 19.2 Å². The number of likely N-dealkylation sites (tertiary alicyclic amines) is 1. The maximum atomic E-state index is 14.7. The molecule has 8 fully saturated rings. The summed E-state index contributed by atoms with van der Waals surface area (Å²) >= 11 is 6.23. The van der Waals surface area contributed by atoms with Gasteiger partial charge in [-0.05, 0) is 67.1 Å². The number of aliphatic hydroxyl groups excluding tert-OH is 1. The molecular formula is C34H38ClNO8. The minimum atomic E-state index is -2.18. The Morgan fingerprint density at radius 2 is 1.80 bits per heavy atom. The van der Waals surface area contributed by atoms with E-state index in [1.54, 1.807) is 29.2 Å². The number of piperidine rings is 1. The van der Waals surface area contributed by atoms with Crippen molar-refractivity contribution in [1.29, 1.82) is 0 Å². The van der Waals surface area contributed by atoms with Crippen LogP contribution in [0.1, 0.15) is 62.7 Å². The third-order valence-corrected chi connectivity index (χ3v) is 13.5. The second-order valence-electron chi connectivity index (χ2n) is 15.0. The van der Waals surface area contributed by atoms with E-state index in [-0.39, 0.29) is 24.2 Å². The normalized spacial score (nSPS) is 45.0. The highest BCUT2D eigenvalue weighted by molar-refractivity contribution is 6.33. The Morgan fingerprint density at radius 3 is 2.50 bits per heavy atom. The molecule has 9 atom stereocenters. The van der Waals surface area contributed by atoms with Crippen LogP contribution in [-0.4, -0.2) is 75.7 Å². The van der Waals surface area contributed by atoms with Crippen molar-refractivity contribution in [3.05, 3.63) is 47.0 Å². The zero-order valence-corrected chi connectivity index (χ0v) is 25.8. The Hall–Kier alpha value is -2.59. The molecule has 2 spiro atoms. The van der Waals surface area contributed by atoms with Crippen LogP contribution in [0.5, 0.6) is 0 Å². The molecule has 0 radical (unpaired) electrons. The van der Waals surface area contributed by atoms with E-state index in [4.69, 9.17) is 21.1 Å². The summed E-state index contributed by atoms with van der Waals surface area (Å²) in [4.78, 5) is 56.9. The SMILES string of the molecule is C=C1C2CCC3C45COC(O)(C(O)C4C(C)(C)CCC5=O)C34C(=O)C1(OC(=O)C1CCN(C(=O)c3ccccc3Cl)CC1)C24. The topological polar surface area (TPSA) is 130 Å². The van der Waals surface area contributed by atoms with Gasteiger partial charge in [0.25, 0.3) is 5.91 Å². The van der Waals surface area contributed by atoms with Gasteiger partial charge in [0.1, 0.15) is 17.3 Å². The molecule has 9 unspecified atom stereocenters. The molecule has 2 N–H and O–H groups in total. The molecule has 10 heteroatoms. The van der Waals surface area contributed by atoms with Crippen LogP contribution in [0, 0.1) is 45.8 Å². The van der Waals surface area contributed by atoms with Gasteiger partial charge in [0, 0.05) is 31.3 Å². The number of ether oxygens (including phenoxy) is 2. The van der Waals surface area contributed by atoms with E-state index in [2.05, 4.69) is 6.58 Å². The quantitative estimate of drug-likeness (QED) is 0.387. The lowest BCUT2D eigenvalue weighted by Crippen LogP contribution is -2.97. The Bertz CT molecular complexity index is 1550. The van der Waals surface area contributed by atoms with Crippen molar-refractivity contribution in [2.75, 3.05) is 19.7 Å². The number of esters is 1. The van der Waals surface area contributed by atoms with Crippen molar-refractivity contribution in [3.63, 3.8) is 0 Å². The fraction of sp³-hybridized carbons (Fsp3) is 0.647. The van der Waals surface area contributed by atoms with Crippen molar-refractivity contribution in [3.8, 4) is 0 Å². The Morgan fingerprint density at radius 1 is 1.09 bits per heavy atom. The van der Waals surface area contributed by atoms with E-state index in [1.807, 2.05) is 13.8 Å². The molecule has 3 heterocycles. The first kappa shape index (κ1) is 28.9. The summed E-state index contributed by atoms with van der Waals surface area (Å²) in [6.07, 6.45) is 1.42. The molecule has 1 amide bonds. The second kappa shape index (κ2) is 8.81. The van der Waals surface area contributed by atoms with Gasteiger partial charge in [-0.2, -0.15) is 0 Å². The summed E-state index contributed by atoms with van der Waals surface area (Å²) < 4.78 is 12.2. The predicted molar refractivity (Wildman–Crippen MR) is 156 cm³/mol. The van der Waals surface area contributed by atoms with E-state index < -0.39 is 69.2 Å². The number of carbonyl (C=O) groups excluding carboxylic acids is 4. The van der Waals surface area contributed by atoms with Crippen LogP contribution in [-0.2, 0) is 23.9 Å². The van der Waals surface area contributed by atoms with E-state index >= 15 is 0 Å². The summed E-state index contributed by atoms with van der Waals surface area (Å²) in [5.41, 5.74) is -3.72.